The molecule has 0 aliphatic carbocycles. The molecule has 0 amide bonds. The van der Waals surface area contributed by atoms with Crippen LogP contribution in [0.3, 0.4) is 0 Å². The van der Waals surface area contributed by atoms with Crippen LogP contribution in [0.25, 0.3) is 17.0 Å². The molecule has 2 N–H and O–H groups in total. The largest absolute Gasteiger partial charge is 0.398 e. The number of para-hydroxylation sites is 2. The van der Waals surface area contributed by atoms with Crippen molar-refractivity contribution < 1.29 is 0 Å². The highest BCUT2D eigenvalue weighted by atomic mass is 15.2. The van der Waals surface area contributed by atoms with Gasteiger partial charge < -0.3 is 10.6 Å². The van der Waals surface area contributed by atoms with Gasteiger partial charge in [-0.3, -0.25) is 0 Å². The Balaban J connectivity index is 1.67. The lowest BCUT2D eigenvalue weighted by atomic mass is 9.86. The maximum atomic E-state index is 6.35. The number of nitrogens with zero attached hydrogens (tertiary/aromatic N) is 1. The molecule has 1 aliphatic heterocycles. The smallest absolute Gasteiger partial charge is 0.0639 e. The number of fused-ring (bicyclic) bond motifs is 1. The molecule has 2 nitrogen and oxygen atoms in total. The number of nitrogens with two attached hydrogens (primary N) is 1. The molecule has 4 aromatic carbocycles. The third-order valence-electron chi connectivity index (χ3n) is 6.18. The Morgan fingerprint density at radius 1 is 0.667 bits per heavy atom. The van der Waals surface area contributed by atoms with Gasteiger partial charge >= 0.3 is 0 Å². The van der Waals surface area contributed by atoms with Gasteiger partial charge in [0.1, 0.15) is 0 Å². The van der Waals surface area contributed by atoms with Crippen molar-refractivity contribution in [1.29, 1.82) is 0 Å². The maximum absolute atomic E-state index is 6.35. The molecule has 5 rings (SSSR count). The second-order valence-electron chi connectivity index (χ2n) is 8.48. The summed E-state index contributed by atoms with van der Waals surface area (Å²) in [4.78, 5) is 2.33. The van der Waals surface area contributed by atoms with Crippen LogP contribution in [0.1, 0.15) is 16.7 Å². The first-order valence-corrected chi connectivity index (χ1v) is 12.0. The summed E-state index contributed by atoms with van der Waals surface area (Å²) in [6.45, 7) is 4.01. The second-order valence-corrected chi connectivity index (χ2v) is 8.48. The Kier molecular flexibility index (Phi) is 6.77. The van der Waals surface area contributed by atoms with Gasteiger partial charge in [0.15, 0.2) is 0 Å². The van der Waals surface area contributed by atoms with E-state index in [1.54, 1.807) is 0 Å². The van der Waals surface area contributed by atoms with Crippen molar-refractivity contribution in [1.82, 2.24) is 0 Å². The molecule has 4 aromatic rings. The normalized spacial score (nSPS) is 14.8. The summed E-state index contributed by atoms with van der Waals surface area (Å²) in [5, 5.41) is 0. The number of allylic oxidation sites excluding steroid dienone is 7. The van der Waals surface area contributed by atoms with Crippen LogP contribution in [0.5, 0.6) is 0 Å². The van der Waals surface area contributed by atoms with Gasteiger partial charge in [-0.05, 0) is 41.0 Å². The Labute approximate surface area is 213 Å². The summed E-state index contributed by atoms with van der Waals surface area (Å²) in [6, 6.07) is 39.6. The summed E-state index contributed by atoms with van der Waals surface area (Å²) in [6.07, 6.45) is 9.96. The second kappa shape index (κ2) is 10.6. The van der Waals surface area contributed by atoms with Gasteiger partial charge in [0.05, 0.1) is 11.4 Å². The van der Waals surface area contributed by atoms with Gasteiger partial charge in [-0.25, -0.2) is 0 Å². The Hall–Kier alpha value is -4.82. The fraction of sp³-hybridized carbons (Fsp3) is 0. The minimum Gasteiger partial charge on any atom is -0.398 e. The standard InChI is InChI=1S/C34H28N2/c1-2-15-27(20-14-24-31(35)26-16-6-3-7-17-26)33(28-18-8-4-9-19-28)34-30-23-12-13-25-32(30)36(34)29-21-10-5-11-22-29/h2-25H,1,35H2/b20-14-,27-15-,31-24-,34-33+. The molecule has 36 heavy (non-hydrogen) atoms. The molecule has 0 spiro atoms. The highest BCUT2D eigenvalue weighted by Crippen LogP contribution is 2.52. The predicted molar refractivity (Wildman–Crippen MR) is 154 cm³/mol. The van der Waals surface area contributed by atoms with E-state index >= 15 is 0 Å². The van der Waals surface area contributed by atoms with E-state index in [-0.39, 0.29) is 0 Å². The zero-order valence-electron chi connectivity index (χ0n) is 20.1. The third kappa shape index (κ3) is 4.57. The molecule has 1 heterocycles. The highest BCUT2D eigenvalue weighted by molar-refractivity contribution is 6.15. The van der Waals surface area contributed by atoms with Crippen LogP contribution in [0.2, 0.25) is 0 Å². The summed E-state index contributed by atoms with van der Waals surface area (Å²) < 4.78 is 0. The van der Waals surface area contributed by atoms with E-state index in [0.717, 1.165) is 33.7 Å². The Morgan fingerprint density at radius 3 is 1.92 bits per heavy atom. The lowest BCUT2D eigenvalue weighted by Crippen LogP contribution is -2.27. The van der Waals surface area contributed by atoms with Crippen LogP contribution < -0.4 is 10.6 Å². The van der Waals surface area contributed by atoms with E-state index in [1.807, 2.05) is 60.7 Å². The third-order valence-corrected chi connectivity index (χ3v) is 6.18. The van der Waals surface area contributed by atoms with Gasteiger partial charge in [-0.15, -0.1) is 0 Å². The molecule has 0 aromatic heterocycles. The molecule has 0 fully saturated rings. The van der Waals surface area contributed by atoms with E-state index in [1.165, 1.54) is 16.9 Å². The van der Waals surface area contributed by atoms with Gasteiger partial charge in [0.25, 0.3) is 0 Å². The van der Waals surface area contributed by atoms with Crippen molar-refractivity contribution >= 4 is 28.3 Å². The van der Waals surface area contributed by atoms with E-state index in [0.29, 0.717) is 0 Å². The molecule has 2 heteroatoms. The van der Waals surface area contributed by atoms with Crippen molar-refractivity contribution in [2.45, 2.75) is 0 Å². The minimum absolute atomic E-state index is 0.721. The van der Waals surface area contributed by atoms with E-state index < -0.39 is 0 Å². The molecule has 1 aliphatic rings. The van der Waals surface area contributed by atoms with Gasteiger partial charge in [-0.1, -0.05) is 128 Å². The van der Waals surface area contributed by atoms with Crippen LogP contribution in [0.4, 0.5) is 11.4 Å². The first-order valence-electron chi connectivity index (χ1n) is 12.0. The number of anilines is 2. The molecule has 0 saturated carbocycles. The molecule has 0 atom stereocenters. The lowest BCUT2D eigenvalue weighted by molar-refractivity contribution is 1.21. The SMILES string of the molecule is C=C/C=C(/C=C\C=C(/N)c1ccccc1)C(=C1\c2ccccc2N1c1ccccc1)\c1ccccc1. The summed E-state index contributed by atoms with van der Waals surface area (Å²) in [5.41, 5.74) is 16.1. The van der Waals surface area contributed by atoms with Gasteiger partial charge in [0.2, 0.25) is 0 Å². The van der Waals surface area contributed by atoms with E-state index in [4.69, 9.17) is 5.73 Å². The molecular formula is C34H28N2. The first kappa shape index (κ1) is 22.9. The molecule has 0 radical (unpaired) electrons. The zero-order valence-corrected chi connectivity index (χ0v) is 20.1. The van der Waals surface area contributed by atoms with E-state index in [9.17, 15) is 0 Å². The van der Waals surface area contributed by atoms with E-state index in [2.05, 4.69) is 96.4 Å². The zero-order chi connectivity index (χ0) is 24.7. The Morgan fingerprint density at radius 2 is 1.25 bits per heavy atom. The van der Waals surface area contributed by atoms with Crippen LogP contribution in [0.15, 0.2) is 158 Å². The quantitative estimate of drug-likeness (QED) is 0.278. The number of hydrogen-bond donors (Lipinski definition) is 1. The van der Waals surface area contributed by atoms with Crippen molar-refractivity contribution in [3.05, 3.63) is 174 Å². The molecule has 0 unspecified atom stereocenters. The van der Waals surface area contributed by atoms with Gasteiger partial charge in [0, 0.05) is 22.5 Å². The Bertz CT molecular complexity index is 1470. The fourth-order valence-electron chi connectivity index (χ4n) is 4.52. The van der Waals surface area contributed by atoms with Crippen LogP contribution in [-0.2, 0) is 0 Å². The molecule has 0 bridgehead atoms. The van der Waals surface area contributed by atoms with Crippen molar-refractivity contribution in [2.75, 3.05) is 4.90 Å². The van der Waals surface area contributed by atoms with Crippen LogP contribution in [-0.4, -0.2) is 0 Å². The summed E-state index contributed by atoms with van der Waals surface area (Å²) in [5.74, 6) is 0. The number of hydrogen-bond acceptors (Lipinski definition) is 2. The predicted octanol–water partition coefficient (Wildman–Crippen LogP) is 8.38. The molecular weight excluding hydrogens is 436 g/mol. The maximum Gasteiger partial charge on any atom is 0.0639 e. The van der Waals surface area contributed by atoms with Gasteiger partial charge in [-0.2, -0.15) is 0 Å². The molecule has 174 valence electrons. The van der Waals surface area contributed by atoms with Crippen LogP contribution >= 0.6 is 0 Å². The number of benzene rings is 4. The van der Waals surface area contributed by atoms with Crippen molar-refractivity contribution in [2.24, 2.45) is 5.73 Å². The summed E-state index contributed by atoms with van der Waals surface area (Å²) >= 11 is 0. The van der Waals surface area contributed by atoms with Crippen LogP contribution in [0, 0.1) is 0 Å². The summed E-state index contributed by atoms with van der Waals surface area (Å²) in [7, 11) is 0. The average molecular weight is 465 g/mol. The van der Waals surface area contributed by atoms with Crippen molar-refractivity contribution in [3.8, 4) is 0 Å². The highest BCUT2D eigenvalue weighted by Gasteiger charge is 2.33. The van der Waals surface area contributed by atoms with Crippen molar-refractivity contribution in [3.63, 3.8) is 0 Å². The number of rotatable bonds is 7. The first-order chi connectivity index (χ1) is 17.8. The average Bonchev–Trinajstić information content (AvgIpc) is 2.93. The monoisotopic (exact) mass is 464 g/mol. The molecule has 0 saturated heterocycles. The topological polar surface area (TPSA) is 29.3 Å². The fourth-order valence-corrected chi connectivity index (χ4v) is 4.52. The lowest BCUT2D eigenvalue weighted by Gasteiger charge is -2.41. The minimum atomic E-state index is 0.721.